The van der Waals surface area contributed by atoms with E-state index in [1.807, 2.05) is 0 Å². The van der Waals surface area contributed by atoms with Crippen LogP contribution in [0.4, 0.5) is 15.5 Å². The summed E-state index contributed by atoms with van der Waals surface area (Å²) in [7, 11) is 0. The topological polar surface area (TPSA) is 117 Å². The quantitative estimate of drug-likeness (QED) is 0.591. The molecule has 0 saturated heterocycles. The third-order valence-corrected chi connectivity index (χ3v) is 4.13. The Bertz CT molecular complexity index is 892. The van der Waals surface area contributed by atoms with Gasteiger partial charge in [-0.15, -0.1) is 11.3 Å². The van der Waals surface area contributed by atoms with Crippen molar-refractivity contribution in [1.29, 1.82) is 0 Å². The highest BCUT2D eigenvalue weighted by Crippen LogP contribution is 2.37. The predicted molar refractivity (Wildman–Crippen MR) is 88.9 cm³/mol. The number of carbonyl (C=O) groups excluding carboxylic acids is 2. The third kappa shape index (κ3) is 3.06. The van der Waals surface area contributed by atoms with Gasteiger partial charge in [0.25, 0.3) is 5.91 Å². The fourth-order valence-electron chi connectivity index (χ4n) is 2.12. The number of nitrogens with zero attached hydrogens (tertiary/aromatic N) is 1. The molecule has 3 amide bonds. The molecule has 0 radical (unpaired) electrons. The van der Waals surface area contributed by atoms with Crippen LogP contribution in [0.2, 0.25) is 0 Å². The Balaban J connectivity index is 1.91. The Morgan fingerprint density at radius 3 is 2.74 bits per heavy atom. The van der Waals surface area contributed by atoms with E-state index in [1.54, 1.807) is 24.4 Å². The molecule has 2 aromatic heterocycles. The number of pyridine rings is 1. The maximum atomic E-state index is 12.1. The second-order valence-corrected chi connectivity index (χ2v) is 5.72. The molecule has 5 N–H and O–H groups in total. The number of nitrogens with one attached hydrogen (secondary N) is 2. The largest absolute Gasteiger partial charge is 0.508 e. The van der Waals surface area contributed by atoms with Gasteiger partial charge in [-0.2, -0.15) is 0 Å². The molecule has 1 aromatic carbocycles. The normalized spacial score (nSPS) is 10.4. The zero-order valence-corrected chi connectivity index (χ0v) is 12.6. The number of rotatable bonds is 3. The number of hydrogen-bond donors (Lipinski definition) is 4. The van der Waals surface area contributed by atoms with Gasteiger partial charge in [0.05, 0.1) is 17.4 Å². The van der Waals surface area contributed by atoms with Crippen molar-refractivity contribution in [2.75, 3.05) is 10.6 Å². The van der Waals surface area contributed by atoms with E-state index in [2.05, 4.69) is 15.6 Å². The molecule has 2 heterocycles. The number of amides is 3. The van der Waals surface area contributed by atoms with Crippen LogP contribution in [0.1, 0.15) is 10.4 Å². The number of benzene rings is 1. The molecule has 116 valence electrons. The molecule has 0 fully saturated rings. The lowest BCUT2D eigenvalue weighted by molar-refractivity contribution is 0.100. The van der Waals surface area contributed by atoms with Gasteiger partial charge in [0, 0.05) is 16.3 Å². The minimum absolute atomic E-state index is 0.0705. The number of thiophene rings is 1. The van der Waals surface area contributed by atoms with Crippen molar-refractivity contribution in [3.05, 3.63) is 48.3 Å². The van der Waals surface area contributed by atoms with Crippen molar-refractivity contribution >= 4 is 44.0 Å². The van der Waals surface area contributed by atoms with Crippen molar-refractivity contribution in [2.45, 2.75) is 0 Å². The number of aromatic hydroxyl groups is 1. The Morgan fingerprint density at radius 2 is 2.04 bits per heavy atom. The maximum Gasteiger partial charge on any atom is 0.324 e. The summed E-state index contributed by atoms with van der Waals surface area (Å²) in [6.45, 7) is 0. The van der Waals surface area contributed by atoms with Gasteiger partial charge in [-0.05, 0) is 30.3 Å². The Labute approximate surface area is 134 Å². The molecule has 3 rings (SSSR count). The van der Waals surface area contributed by atoms with Gasteiger partial charge >= 0.3 is 6.03 Å². The van der Waals surface area contributed by atoms with Crippen molar-refractivity contribution in [2.24, 2.45) is 5.73 Å². The number of primary amides is 1. The monoisotopic (exact) mass is 328 g/mol. The minimum atomic E-state index is -0.654. The van der Waals surface area contributed by atoms with E-state index < -0.39 is 11.9 Å². The van der Waals surface area contributed by atoms with Crippen LogP contribution < -0.4 is 16.4 Å². The lowest BCUT2D eigenvalue weighted by atomic mass is 10.1. The average Bonchev–Trinajstić information content (AvgIpc) is 2.84. The zero-order valence-electron chi connectivity index (χ0n) is 11.7. The van der Waals surface area contributed by atoms with Crippen LogP contribution >= 0.6 is 11.3 Å². The minimum Gasteiger partial charge on any atom is -0.508 e. The standard InChI is InChI=1S/C15H12N4O3S/c16-13(21)12-10-4-3-9(20)6-11(10)23-14(12)19-15(22)18-8-2-1-5-17-7-8/h1-7,20H,(H2,16,21)(H2,18,19,22). The fourth-order valence-corrected chi connectivity index (χ4v) is 3.26. The van der Waals surface area contributed by atoms with Crippen LogP contribution in [0.15, 0.2) is 42.7 Å². The van der Waals surface area contributed by atoms with Crippen molar-refractivity contribution in [3.63, 3.8) is 0 Å². The lowest BCUT2D eigenvalue weighted by Crippen LogP contribution is -2.21. The summed E-state index contributed by atoms with van der Waals surface area (Å²) >= 11 is 1.16. The van der Waals surface area contributed by atoms with Gasteiger partial charge in [-0.25, -0.2) is 4.79 Å². The van der Waals surface area contributed by atoms with Gasteiger partial charge < -0.3 is 16.2 Å². The molecule has 0 bridgehead atoms. The number of hydrogen-bond acceptors (Lipinski definition) is 5. The van der Waals surface area contributed by atoms with Gasteiger partial charge in [0.1, 0.15) is 10.8 Å². The molecule has 0 aliphatic rings. The van der Waals surface area contributed by atoms with Crippen LogP contribution in [0, 0.1) is 0 Å². The molecule has 0 saturated carbocycles. The predicted octanol–water partition coefficient (Wildman–Crippen LogP) is 2.74. The van der Waals surface area contributed by atoms with E-state index in [9.17, 15) is 14.7 Å². The summed E-state index contributed by atoms with van der Waals surface area (Å²) in [5.41, 5.74) is 6.15. The van der Waals surface area contributed by atoms with E-state index in [0.29, 0.717) is 20.8 Å². The number of phenols is 1. The summed E-state index contributed by atoms with van der Waals surface area (Å²) < 4.78 is 0.649. The first-order valence-corrected chi connectivity index (χ1v) is 7.39. The van der Waals surface area contributed by atoms with Crippen molar-refractivity contribution < 1.29 is 14.7 Å². The fraction of sp³-hybridized carbons (Fsp3) is 0. The molecular formula is C15H12N4O3S. The highest BCUT2D eigenvalue weighted by atomic mass is 32.1. The number of aromatic nitrogens is 1. The van der Waals surface area contributed by atoms with E-state index in [1.165, 1.54) is 18.3 Å². The molecule has 3 aromatic rings. The molecule has 0 aliphatic carbocycles. The van der Waals surface area contributed by atoms with Crippen LogP contribution in [-0.4, -0.2) is 22.0 Å². The summed E-state index contributed by atoms with van der Waals surface area (Å²) in [6.07, 6.45) is 3.09. The van der Waals surface area contributed by atoms with Crippen LogP contribution in [0.25, 0.3) is 10.1 Å². The number of anilines is 2. The molecule has 0 unspecified atom stereocenters. The highest BCUT2D eigenvalue weighted by Gasteiger charge is 2.19. The van der Waals surface area contributed by atoms with E-state index >= 15 is 0 Å². The van der Waals surface area contributed by atoms with Gasteiger partial charge in [0.15, 0.2) is 0 Å². The molecule has 0 aliphatic heterocycles. The first-order chi connectivity index (χ1) is 11.0. The van der Waals surface area contributed by atoms with E-state index in [4.69, 9.17) is 5.73 Å². The number of carbonyl (C=O) groups is 2. The highest BCUT2D eigenvalue weighted by molar-refractivity contribution is 7.23. The first-order valence-electron chi connectivity index (χ1n) is 6.58. The summed E-state index contributed by atoms with van der Waals surface area (Å²) in [5, 5.41) is 15.6. The third-order valence-electron chi connectivity index (χ3n) is 3.07. The van der Waals surface area contributed by atoms with Crippen LogP contribution in [0.3, 0.4) is 0 Å². The summed E-state index contributed by atoms with van der Waals surface area (Å²) in [6, 6.07) is 7.41. The molecule has 0 atom stereocenters. The van der Waals surface area contributed by atoms with Gasteiger partial charge in [0.2, 0.25) is 0 Å². The summed E-state index contributed by atoms with van der Waals surface area (Å²) in [4.78, 5) is 27.7. The SMILES string of the molecule is NC(=O)c1c(NC(=O)Nc2cccnc2)sc2cc(O)ccc12. The molecule has 0 spiro atoms. The van der Waals surface area contributed by atoms with Crippen molar-refractivity contribution in [1.82, 2.24) is 4.98 Å². The second-order valence-electron chi connectivity index (χ2n) is 4.67. The molecule has 8 heteroatoms. The lowest BCUT2D eigenvalue weighted by Gasteiger charge is -2.06. The van der Waals surface area contributed by atoms with Gasteiger partial charge in [-0.3, -0.25) is 15.1 Å². The second kappa shape index (κ2) is 5.93. The van der Waals surface area contributed by atoms with Gasteiger partial charge in [-0.1, -0.05) is 0 Å². The summed E-state index contributed by atoms with van der Waals surface area (Å²) in [5.74, 6) is -0.584. The maximum absolute atomic E-state index is 12.1. The average molecular weight is 328 g/mol. The molecular weight excluding hydrogens is 316 g/mol. The Morgan fingerprint density at radius 1 is 1.22 bits per heavy atom. The number of nitrogens with two attached hydrogens (primary N) is 1. The van der Waals surface area contributed by atoms with Crippen molar-refractivity contribution in [3.8, 4) is 5.75 Å². The van der Waals surface area contributed by atoms with Crippen LogP contribution in [-0.2, 0) is 0 Å². The van der Waals surface area contributed by atoms with E-state index in [-0.39, 0.29) is 11.3 Å². The van der Waals surface area contributed by atoms with E-state index in [0.717, 1.165) is 11.3 Å². The molecule has 23 heavy (non-hydrogen) atoms. The van der Waals surface area contributed by atoms with Crippen LogP contribution in [0.5, 0.6) is 5.75 Å². The first kappa shape index (κ1) is 14.8. The number of urea groups is 1. The smallest absolute Gasteiger partial charge is 0.324 e. The Kier molecular flexibility index (Phi) is 3.82. The zero-order chi connectivity index (χ0) is 16.4. The number of fused-ring (bicyclic) bond motifs is 1. The Hall–Kier alpha value is -3.13. The number of phenolic OH excluding ortho intramolecular Hbond substituents is 1. The molecule has 7 nitrogen and oxygen atoms in total.